The van der Waals surface area contributed by atoms with Crippen molar-refractivity contribution in [3.63, 3.8) is 0 Å². The molecule has 6 heteroatoms. The Labute approximate surface area is 104 Å². The number of hydrogen-bond donors (Lipinski definition) is 2. The van der Waals surface area contributed by atoms with Crippen LogP contribution in [0, 0.1) is 6.92 Å². The maximum atomic E-state index is 12.6. The third-order valence-electron chi connectivity index (χ3n) is 2.13. The number of carbonyl (C=O) groups is 1. The number of ether oxygens (including phenoxy) is 1. The lowest BCUT2D eigenvalue weighted by Crippen LogP contribution is -2.40. The van der Waals surface area contributed by atoms with Gasteiger partial charge in [0.05, 0.1) is 6.54 Å². The van der Waals surface area contributed by atoms with Crippen LogP contribution in [0.3, 0.4) is 0 Å². The van der Waals surface area contributed by atoms with Crippen LogP contribution >= 0.6 is 0 Å². The Hall–Kier alpha value is -1.69. The molecular weight excluding hydrogens is 244 g/mol. The third kappa shape index (κ3) is 5.09. The van der Waals surface area contributed by atoms with Crippen LogP contribution in [0.5, 0.6) is 5.75 Å². The smallest absolute Gasteiger partial charge is 0.287 e. The molecular formula is C12H15F2NO3. The van der Waals surface area contributed by atoms with Crippen LogP contribution in [-0.4, -0.2) is 36.7 Å². The molecule has 1 rings (SSSR count). The molecule has 1 aromatic carbocycles. The summed E-state index contributed by atoms with van der Waals surface area (Å²) < 4.78 is 30.4. The molecule has 18 heavy (non-hydrogen) atoms. The van der Waals surface area contributed by atoms with Gasteiger partial charge in [0.15, 0.2) is 6.61 Å². The molecule has 0 aromatic heterocycles. The molecule has 1 amide bonds. The van der Waals surface area contributed by atoms with E-state index in [9.17, 15) is 13.6 Å². The fourth-order valence-corrected chi connectivity index (χ4v) is 1.19. The molecule has 2 N–H and O–H groups in total. The number of benzene rings is 1. The van der Waals surface area contributed by atoms with Crippen molar-refractivity contribution in [3.8, 4) is 5.75 Å². The molecule has 0 atom stereocenters. The van der Waals surface area contributed by atoms with E-state index in [2.05, 4.69) is 0 Å². The van der Waals surface area contributed by atoms with Crippen molar-refractivity contribution in [3.05, 3.63) is 29.8 Å². The Morgan fingerprint density at radius 3 is 2.83 bits per heavy atom. The summed E-state index contributed by atoms with van der Waals surface area (Å²) in [5.41, 5.74) is 0.972. The van der Waals surface area contributed by atoms with Crippen LogP contribution in [0.4, 0.5) is 8.78 Å². The Balaban J connectivity index is 2.34. The predicted octanol–water partition coefficient (Wildman–Crippen LogP) is 1.12. The molecule has 100 valence electrons. The quantitative estimate of drug-likeness (QED) is 0.804. The van der Waals surface area contributed by atoms with Crippen LogP contribution in [0.1, 0.15) is 5.56 Å². The molecule has 0 saturated heterocycles. The molecule has 0 aliphatic heterocycles. The molecule has 0 aliphatic rings. The minimum Gasteiger partial charge on any atom is -0.484 e. The molecule has 0 heterocycles. The van der Waals surface area contributed by atoms with Gasteiger partial charge >= 0.3 is 0 Å². The lowest BCUT2D eigenvalue weighted by molar-refractivity contribution is -0.126. The zero-order chi connectivity index (χ0) is 13.6. The average molecular weight is 259 g/mol. The van der Waals surface area contributed by atoms with E-state index in [0.29, 0.717) is 5.75 Å². The summed E-state index contributed by atoms with van der Waals surface area (Å²) >= 11 is 0. The standard InChI is InChI=1S/C12H15F2NO3/c1-9-3-2-4-10(5-9)18-6-11(17)15-7-12(13,14)8-16/h2-5,16H,6-8H2,1H3,(H,15,17). The highest BCUT2D eigenvalue weighted by Gasteiger charge is 2.28. The van der Waals surface area contributed by atoms with Gasteiger partial charge in [0.2, 0.25) is 0 Å². The van der Waals surface area contributed by atoms with E-state index in [-0.39, 0.29) is 6.61 Å². The first-order valence-electron chi connectivity index (χ1n) is 5.38. The first kappa shape index (κ1) is 14.4. The van der Waals surface area contributed by atoms with E-state index >= 15 is 0 Å². The lowest BCUT2D eigenvalue weighted by Gasteiger charge is -2.14. The number of halogens is 2. The summed E-state index contributed by atoms with van der Waals surface area (Å²) in [6, 6.07) is 7.04. The van der Waals surface area contributed by atoms with Crippen molar-refractivity contribution in [2.45, 2.75) is 12.8 Å². The van der Waals surface area contributed by atoms with Gasteiger partial charge in [-0.25, -0.2) is 8.78 Å². The van der Waals surface area contributed by atoms with Crippen molar-refractivity contribution in [2.75, 3.05) is 19.8 Å². The van der Waals surface area contributed by atoms with E-state index in [0.717, 1.165) is 5.56 Å². The highest BCUT2D eigenvalue weighted by molar-refractivity contribution is 5.77. The highest BCUT2D eigenvalue weighted by atomic mass is 19.3. The van der Waals surface area contributed by atoms with E-state index in [1.54, 1.807) is 18.2 Å². The Bertz CT molecular complexity index is 410. The van der Waals surface area contributed by atoms with Crippen LogP contribution < -0.4 is 10.1 Å². The van der Waals surface area contributed by atoms with Gasteiger partial charge in [-0.3, -0.25) is 4.79 Å². The predicted molar refractivity (Wildman–Crippen MR) is 61.7 cm³/mol. The minimum atomic E-state index is -3.31. The van der Waals surface area contributed by atoms with Gasteiger partial charge in [0, 0.05) is 0 Å². The van der Waals surface area contributed by atoms with Crippen LogP contribution in [0.15, 0.2) is 24.3 Å². The van der Waals surface area contributed by atoms with Gasteiger partial charge in [0.25, 0.3) is 11.8 Å². The van der Waals surface area contributed by atoms with E-state index < -0.39 is 25.0 Å². The van der Waals surface area contributed by atoms with E-state index in [4.69, 9.17) is 9.84 Å². The number of amides is 1. The van der Waals surface area contributed by atoms with Gasteiger partial charge < -0.3 is 15.2 Å². The van der Waals surface area contributed by atoms with Crippen molar-refractivity contribution < 1.29 is 23.4 Å². The number of aliphatic hydroxyl groups excluding tert-OH is 1. The van der Waals surface area contributed by atoms with Crippen molar-refractivity contribution in [2.24, 2.45) is 0 Å². The summed E-state index contributed by atoms with van der Waals surface area (Å²) in [4.78, 5) is 11.2. The molecule has 0 spiro atoms. The van der Waals surface area contributed by atoms with Gasteiger partial charge in [0.1, 0.15) is 12.4 Å². The van der Waals surface area contributed by atoms with Gasteiger partial charge in [-0.1, -0.05) is 12.1 Å². The summed E-state index contributed by atoms with van der Waals surface area (Å²) in [6.07, 6.45) is 0. The number of aliphatic hydroxyl groups is 1. The zero-order valence-corrected chi connectivity index (χ0v) is 9.95. The van der Waals surface area contributed by atoms with Crippen molar-refractivity contribution >= 4 is 5.91 Å². The highest BCUT2D eigenvalue weighted by Crippen LogP contribution is 2.12. The fourth-order valence-electron chi connectivity index (χ4n) is 1.19. The van der Waals surface area contributed by atoms with Crippen molar-refractivity contribution in [1.29, 1.82) is 0 Å². The molecule has 0 aliphatic carbocycles. The number of carbonyl (C=O) groups excluding carboxylic acids is 1. The van der Waals surface area contributed by atoms with Gasteiger partial charge in [-0.2, -0.15) is 0 Å². The first-order valence-corrected chi connectivity index (χ1v) is 5.38. The zero-order valence-electron chi connectivity index (χ0n) is 9.95. The third-order valence-corrected chi connectivity index (χ3v) is 2.13. The first-order chi connectivity index (χ1) is 8.43. The fraction of sp³-hybridized carbons (Fsp3) is 0.417. The summed E-state index contributed by atoms with van der Waals surface area (Å²) in [5.74, 6) is -3.47. The lowest BCUT2D eigenvalue weighted by atomic mass is 10.2. The van der Waals surface area contributed by atoms with Crippen LogP contribution in [-0.2, 0) is 4.79 Å². The second-order valence-corrected chi connectivity index (χ2v) is 3.90. The normalized spacial score (nSPS) is 11.1. The maximum absolute atomic E-state index is 12.6. The number of aryl methyl sites for hydroxylation is 1. The average Bonchev–Trinajstić information content (AvgIpc) is 2.34. The second-order valence-electron chi connectivity index (χ2n) is 3.90. The Morgan fingerprint density at radius 1 is 1.50 bits per heavy atom. The molecule has 0 fully saturated rings. The number of hydrogen-bond acceptors (Lipinski definition) is 3. The monoisotopic (exact) mass is 259 g/mol. The van der Waals surface area contributed by atoms with Crippen LogP contribution in [0.2, 0.25) is 0 Å². The summed E-state index contributed by atoms with van der Waals surface area (Å²) in [7, 11) is 0. The van der Waals surface area contributed by atoms with E-state index in [1.807, 2.05) is 18.3 Å². The van der Waals surface area contributed by atoms with E-state index in [1.165, 1.54) is 0 Å². The molecule has 4 nitrogen and oxygen atoms in total. The van der Waals surface area contributed by atoms with Gasteiger partial charge in [-0.15, -0.1) is 0 Å². The molecule has 0 unspecified atom stereocenters. The maximum Gasteiger partial charge on any atom is 0.287 e. The number of rotatable bonds is 6. The minimum absolute atomic E-state index is 0.342. The topological polar surface area (TPSA) is 58.6 Å². The SMILES string of the molecule is Cc1cccc(OCC(=O)NCC(F)(F)CO)c1. The van der Waals surface area contributed by atoms with Gasteiger partial charge in [-0.05, 0) is 24.6 Å². The molecule has 1 aromatic rings. The molecule has 0 radical (unpaired) electrons. The molecule has 0 bridgehead atoms. The van der Waals surface area contributed by atoms with Crippen molar-refractivity contribution in [1.82, 2.24) is 5.32 Å². The summed E-state index contributed by atoms with van der Waals surface area (Å²) in [5, 5.41) is 10.3. The second kappa shape index (κ2) is 6.30. The Kier molecular flexibility index (Phi) is 5.03. The summed E-state index contributed by atoms with van der Waals surface area (Å²) in [6.45, 7) is -0.675. The number of alkyl halides is 2. The van der Waals surface area contributed by atoms with Crippen LogP contribution in [0.25, 0.3) is 0 Å². The number of nitrogens with one attached hydrogen (secondary N) is 1. The molecule has 0 saturated carbocycles. The largest absolute Gasteiger partial charge is 0.484 e. The Morgan fingerprint density at radius 2 is 2.22 bits per heavy atom.